The molecule has 2 heterocycles. The third-order valence-electron chi connectivity index (χ3n) is 4.00. The van der Waals surface area contributed by atoms with Crippen LogP contribution >= 0.6 is 11.3 Å². The van der Waals surface area contributed by atoms with Crippen molar-refractivity contribution in [3.8, 4) is 0 Å². The number of fused-ring (bicyclic) bond motifs is 5. The molecule has 0 aliphatic rings. The summed E-state index contributed by atoms with van der Waals surface area (Å²) in [6.07, 6.45) is 0. The van der Waals surface area contributed by atoms with Gasteiger partial charge in [-0.1, -0.05) is 45.0 Å². The Morgan fingerprint density at radius 2 is 1.75 bits per heavy atom. The Morgan fingerprint density at radius 1 is 0.950 bits per heavy atom. The largest absolute Gasteiger partial charge is 0.346 e. The molecule has 4 rings (SSSR count). The van der Waals surface area contributed by atoms with Gasteiger partial charge >= 0.3 is 0 Å². The third kappa shape index (κ3) is 1.61. The van der Waals surface area contributed by atoms with Crippen LogP contribution in [0.4, 0.5) is 0 Å². The van der Waals surface area contributed by atoms with Gasteiger partial charge in [-0.05, 0) is 29.2 Å². The van der Waals surface area contributed by atoms with Crippen molar-refractivity contribution in [2.45, 2.75) is 26.2 Å². The summed E-state index contributed by atoms with van der Waals surface area (Å²) >= 11 is 1.85. The molecule has 0 aliphatic carbocycles. The molecule has 0 radical (unpaired) electrons. The summed E-state index contributed by atoms with van der Waals surface area (Å²) in [5.41, 5.74) is 2.81. The van der Waals surface area contributed by atoms with Crippen molar-refractivity contribution in [2.24, 2.45) is 0 Å². The van der Waals surface area contributed by atoms with E-state index in [1.54, 1.807) is 0 Å². The molecule has 0 amide bonds. The summed E-state index contributed by atoms with van der Waals surface area (Å²) in [7, 11) is 0. The van der Waals surface area contributed by atoms with Gasteiger partial charge in [0, 0.05) is 26.4 Å². The number of nitrogens with one attached hydrogen (secondary N) is 1. The van der Waals surface area contributed by atoms with Gasteiger partial charge in [0.2, 0.25) is 0 Å². The van der Waals surface area contributed by atoms with Crippen molar-refractivity contribution in [3.05, 3.63) is 48.0 Å². The van der Waals surface area contributed by atoms with E-state index in [0.717, 1.165) is 0 Å². The normalized spacial score (nSPS) is 12.8. The van der Waals surface area contributed by atoms with Crippen LogP contribution in [0, 0.1) is 0 Å². The first-order chi connectivity index (χ1) is 9.54. The number of aromatic amines is 1. The average molecular weight is 279 g/mol. The molecule has 0 saturated heterocycles. The van der Waals surface area contributed by atoms with Crippen molar-refractivity contribution in [1.29, 1.82) is 0 Å². The summed E-state index contributed by atoms with van der Waals surface area (Å²) in [6, 6.07) is 15.5. The number of rotatable bonds is 0. The van der Waals surface area contributed by atoms with Gasteiger partial charge in [0.15, 0.2) is 0 Å². The molecule has 0 aliphatic heterocycles. The number of hydrogen-bond donors (Lipinski definition) is 1. The van der Waals surface area contributed by atoms with E-state index in [2.05, 4.69) is 68.2 Å². The standard InChI is InChI=1S/C18H17NS/c1-18(2,3)11-8-9-14-13(10-11)16-12-6-4-5-7-15(12)20-17(16)19-14/h4-10,19H,1-3H3. The van der Waals surface area contributed by atoms with Crippen molar-refractivity contribution >= 4 is 42.5 Å². The van der Waals surface area contributed by atoms with Crippen molar-refractivity contribution in [3.63, 3.8) is 0 Å². The molecular formula is C18H17NS. The van der Waals surface area contributed by atoms with Gasteiger partial charge in [-0.2, -0.15) is 0 Å². The van der Waals surface area contributed by atoms with E-state index < -0.39 is 0 Å². The van der Waals surface area contributed by atoms with Gasteiger partial charge < -0.3 is 4.98 Å². The molecule has 2 heteroatoms. The highest BCUT2D eigenvalue weighted by Gasteiger charge is 2.17. The second kappa shape index (κ2) is 3.86. The number of thiophene rings is 1. The van der Waals surface area contributed by atoms with Gasteiger partial charge in [0.05, 0.1) is 0 Å². The molecule has 0 saturated carbocycles. The summed E-state index contributed by atoms with van der Waals surface area (Å²) in [5.74, 6) is 0. The Labute approximate surface area is 122 Å². The molecule has 0 fully saturated rings. The molecule has 0 unspecified atom stereocenters. The summed E-state index contributed by atoms with van der Waals surface area (Å²) in [6.45, 7) is 6.80. The molecule has 4 aromatic rings. The van der Waals surface area contributed by atoms with E-state index in [4.69, 9.17) is 0 Å². The minimum atomic E-state index is 0.184. The summed E-state index contributed by atoms with van der Waals surface area (Å²) in [4.78, 5) is 4.85. The Kier molecular flexibility index (Phi) is 2.31. The minimum absolute atomic E-state index is 0.184. The predicted molar refractivity (Wildman–Crippen MR) is 89.9 cm³/mol. The van der Waals surface area contributed by atoms with Crippen LogP contribution < -0.4 is 0 Å². The lowest BCUT2D eigenvalue weighted by molar-refractivity contribution is 0.591. The lowest BCUT2D eigenvalue weighted by Gasteiger charge is -2.18. The van der Waals surface area contributed by atoms with E-state index in [-0.39, 0.29) is 5.41 Å². The molecule has 2 aromatic heterocycles. The molecule has 0 spiro atoms. The monoisotopic (exact) mass is 279 g/mol. The summed E-state index contributed by atoms with van der Waals surface area (Å²) in [5, 5.41) is 4.10. The first-order valence-electron chi connectivity index (χ1n) is 6.97. The molecule has 1 nitrogen and oxygen atoms in total. The maximum absolute atomic E-state index is 3.56. The van der Waals surface area contributed by atoms with Gasteiger partial charge in [-0.3, -0.25) is 0 Å². The van der Waals surface area contributed by atoms with Crippen LogP contribution in [-0.4, -0.2) is 4.98 Å². The van der Waals surface area contributed by atoms with Gasteiger partial charge in [0.25, 0.3) is 0 Å². The Bertz CT molecular complexity index is 934. The Balaban J connectivity index is 2.16. The van der Waals surface area contributed by atoms with Gasteiger partial charge in [-0.25, -0.2) is 0 Å². The number of aromatic nitrogens is 1. The zero-order valence-electron chi connectivity index (χ0n) is 11.9. The fourth-order valence-corrected chi connectivity index (χ4v) is 3.98. The smallest absolute Gasteiger partial charge is 0.102 e. The quantitative estimate of drug-likeness (QED) is 0.416. The van der Waals surface area contributed by atoms with E-state index in [9.17, 15) is 0 Å². The fourth-order valence-electron chi connectivity index (χ4n) is 2.85. The van der Waals surface area contributed by atoms with Crippen LogP contribution in [0.5, 0.6) is 0 Å². The molecular weight excluding hydrogens is 262 g/mol. The highest BCUT2D eigenvalue weighted by atomic mass is 32.1. The lowest BCUT2D eigenvalue weighted by atomic mass is 9.86. The maximum atomic E-state index is 3.56. The molecule has 100 valence electrons. The minimum Gasteiger partial charge on any atom is -0.346 e. The van der Waals surface area contributed by atoms with E-state index in [1.165, 1.54) is 36.8 Å². The average Bonchev–Trinajstić information content (AvgIpc) is 2.91. The fraction of sp³-hybridized carbons (Fsp3) is 0.222. The zero-order valence-corrected chi connectivity index (χ0v) is 12.8. The van der Waals surface area contributed by atoms with Crippen LogP contribution in [0.1, 0.15) is 26.3 Å². The van der Waals surface area contributed by atoms with Crippen LogP contribution in [0.25, 0.3) is 31.2 Å². The van der Waals surface area contributed by atoms with Crippen molar-refractivity contribution in [2.75, 3.05) is 0 Å². The van der Waals surface area contributed by atoms with E-state index in [0.29, 0.717) is 0 Å². The topological polar surface area (TPSA) is 15.8 Å². The Hall–Kier alpha value is -1.80. The first-order valence-corrected chi connectivity index (χ1v) is 7.79. The Morgan fingerprint density at radius 3 is 2.55 bits per heavy atom. The van der Waals surface area contributed by atoms with Crippen LogP contribution in [-0.2, 0) is 5.41 Å². The molecule has 0 atom stereocenters. The molecule has 1 N–H and O–H groups in total. The van der Waals surface area contributed by atoms with Gasteiger partial charge in [0.1, 0.15) is 4.83 Å². The molecule has 0 bridgehead atoms. The highest BCUT2D eigenvalue weighted by Crippen LogP contribution is 2.39. The predicted octanol–water partition coefficient (Wildman–Crippen LogP) is 5.83. The SMILES string of the molecule is CC(C)(C)c1ccc2[nH]c3sc4ccccc4c3c2c1. The number of hydrogen-bond acceptors (Lipinski definition) is 1. The third-order valence-corrected chi connectivity index (χ3v) is 5.08. The second-order valence-corrected chi connectivity index (χ2v) is 7.49. The van der Waals surface area contributed by atoms with Crippen LogP contribution in [0.2, 0.25) is 0 Å². The van der Waals surface area contributed by atoms with Crippen molar-refractivity contribution < 1.29 is 0 Å². The molecule has 20 heavy (non-hydrogen) atoms. The zero-order chi connectivity index (χ0) is 13.9. The second-order valence-electron chi connectivity index (χ2n) is 6.44. The number of benzene rings is 2. The first kappa shape index (κ1) is 12.0. The highest BCUT2D eigenvalue weighted by molar-refractivity contribution is 7.25. The lowest BCUT2D eigenvalue weighted by Crippen LogP contribution is -2.10. The van der Waals surface area contributed by atoms with E-state index >= 15 is 0 Å². The van der Waals surface area contributed by atoms with Crippen molar-refractivity contribution in [1.82, 2.24) is 4.98 Å². The summed E-state index contributed by atoms with van der Waals surface area (Å²) < 4.78 is 1.36. The molecule has 2 aromatic carbocycles. The maximum Gasteiger partial charge on any atom is 0.102 e. The number of H-pyrrole nitrogens is 1. The van der Waals surface area contributed by atoms with Crippen LogP contribution in [0.15, 0.2) is 42.5 Å². The van der Waals surface area contributed by atoms with E-state index in [1.807, 2.05) is 11.3 Å². The van der Waals surface area contributed by atoms with Crippen LogP contribution in [0.3, 0.4) is 0 Å². The van der Waals surface area contributed by atoms with Gasteiger partial charge in [-0.15, -0.1) is 11.3 Å².